The lowest BCUT2D eigenvalue weighted by molar-refractivity contribution is -0.146. The third-order valence-electron chi connectivity index (χ3n) is 5.04. The summed E-state index contributed by atoms with van der Waals surface area (Å²) in [5.74, 6) is -0.401. The first kappa shape index (κ1) is 16.1. The zero-order chi connectivity index (χ0) is 15.6. The number of nitrogens with one attached hydrogen (secondary N) is 1. The van der Waals surface area contributed by atoms with Gasteiger partial charge in [0.15, 0.2) is 0 Å². The quantitative estimate of drug-likeness (QED) is 0.833. The molecular weight excluding hydrogens is 272 g/mol. The zero-order valence-electron chi connectivity index (χ0n) is 13.1. The van der Waals surface area contributed by atoms with E-state index in [-0.39, 0.29) is 18.2 Å². The number of ether oxygens (including phenoxy) is 1. The molecule has 6 nitrogen and oxygen atoms in total. The molecule has 2 atom stereocenters. The normalized spacial score (nSPS) is 36.2. The molecule has 1 saturated carbocycles. The summed E-state index contributed by atoms with van der Waals surface area (Å²) < 4.78 is 5.48. The van der Waals surface area contributed by atoms with Gasteiger partial charge in [0.2, 0.25) is 0 Å². The van der Waals surface area contributed by atoms with Crippen LogP contribution in [0, 0.1) is 5.92 Å². The van der Waals surface area contributed by atoms with E-state index >= 15 is 0 Å². The predicted octanol–water partition coefficient (Wildman–Crippen LogP) is 1.84. The van der Waals surface area contributed by atoms with Gasteiger partial charge < -0.3 is 20.1 Å². The number of rotatable bonds is 3. The molecule has 2 N–H and O–H groups in total. The Balaban J connectivity index is 2.03. The first-order valence-electron chi connectivity index (χ1n) is 7.76. The molecule has 1 heterocycles. The molecule has 1 aliphatic carbocycles. The van der Waals surface area contributed by atoms with Crippen LogP contribution < -0.4 is 5.32 Å². The van der Waals surface area contributed by atoms with Gasteiger partial charge in [0.05, 0.1) is 12.1 Å². The number of carboxylic acid groups (broad SMARTS) is 1. The van der Waals surface area contributed by atoms with E-state index in [1.807, 2.05) is 6.92 Å². The van der Waals surface area contributed by atoms with E-state index in [9.17, 15) is 14.7 Å². The summed E-state index contributed by atoms with van der Waals surface area (Å²) in [6, 6.07) is -0.298. The molecular formula is C15H26N2O4. The fraction of sp³-hybridized carbons (Fsp3) is 0.867. The molecule has 1 aliphatic heterocycles. The molecule has 2 unspecified atom stereocenters. The highest BCUT2D eigenvalue weighted by Crippen LogP contribution is 2.32. The smallest absolute Gasteiger partial charge is 0.329 e. The highest BCUT2D eigenvalue weighted by Gasteiger charge is 2.44. The fourth-order valence-electron chi connectivity index (χ4n) is 3.32. The second-order valence-corrected chi connectivity index (χ2v) is 6.54. The van der Waals surface area contributed by atoms with E-state index in [0.717, 1.165) is 19.3 Å². The highest BCUT2D eigenvalue weighted by atomic mass is 16.5. The minimum atomic E-state index is -1.11. The predicted molar refractivity (Wildman–Crippen MR) is 78.1 cm³/mol. The second kappa shape index (κ2) is 6.22. The van der Waals surface area contributed by atoms with Gasteiger partial charge in [-0.3, -0.25) is 0 Å². The summed E-state index contributed by atoms with van der Waals surface area (Å²) in [6.45, 7) is 4.71. The van der Waals surface area contributed by atoms with Crippen molar-refractivity contribution in [3.05, 3.63) is 0 Å². The van der Waals surface area contributed by atoms with Crippen LogP contribution in [0.25, 0.3) is 0 Å². The second-order valence-electron chi connectivity index (χ2n) is 6.54. The Labute approximate surface area is 125 Å². The molecule has 0 aromatic heterocycles. The van der Waals surface area contributed by atoms with Gasteiger partial charge in [0.1, 0.15) is 5.54 Å². The molecule has 2 rings (SSSR count). The zero-order valence-corrected chi connectivity index (χ0v) is 13.1. The maximum Gasteiger partial charge on any atom is 0.329 e. The highest BCUT2D eigenvalue weighted by molar-refractivity contribution is 5.86. The number of likely N-dealkylation sites (N-methyl/N-ethyl adjacent to an activating group) is 1. The average Bonchev–Trinajstić information content (AvgIpc) is 2.86. The number of carboxylic acids is 1. The molecule has 0 spiro atoms. The number of urea groups is 1. The molecule has 0 aromatic carbocycles. The van der Waals surface area contributed by atoms with E-state index in [2.05, 4.69) is 12.2 Å². The molecule has 1 saturated heterocycles. The Morgan fingerprint density at radius 1 is 1.24 bits per heavy atom. The van der Waals surface area contributed by atoms with Crippen LogP contribution in [0.1, 0.15) is 46.0 Å². The van der Waals surface area contributed by atoms with Crippen molar-refractivity contribution < 1.29 is 19.4 Å². The van der Waals surface area contributed by atoms with E-state index in [4.69, 9.17) is 4.74 Å². The Morgan fingerprint density at radius 2 is 1.86 bits per heavy atom. The van der Waals surface area contributed by atoms with Crippen LogP contribution in [0.3, 0.4) is 0 Å². The Bertz CT molecular complexity index is 404. The number of hydrogen-bond donors (Lipinski definition) is 2. The van der Waals surface area contributed by atoms with Crippen LogP contribution in [0.2, 0.25) is 0 Å². The molecule has 0 radical (unpaired) electrons. The Morgan fingerprint density at radius 3 is 2.33 bits per heavy atom. The molecule has 0 bridgehead atoms. The summed E-state index contributed by atoms with van der Waals surface area (Å²) >= 11 is 0. The van der Waals surface area contributed by atoms with E-state index < -0.39 is 11.5 Å². The summed E-state index contributed by atoms with van der Waals surface area (Å²) in [7, 11) is 1.71. The molecule has 21 heavy (non-hydrogen) atoms. The van der Waals surface area contributed by atoms with Gasteiger partial charge in [0.25, 0.3) is 0 Å². The van der Waals surface area contributed by atoms with E-state index in [1.54, 1.807) is 11.9 Å². The lowest BCUT2D eigenvalue weighted by atomic mass is 9.77. The van der Waals surface area contributed by atoms with Crippen molar-refractivity contribution in [3.8, 4) is 0 Å². The van der Waals surface area contributed by atoms with Crippen LogP contribution in [0.15, 0.2) is 0 Å². The number of hydrogen-bond acceptors (Lipinski definition) is 3. The molecule has 120 valence electrons. The monoisotopic (exact) mass is 298 g/mol. The molecule has 2 amide bonds. The van der Waals surface area contributed by atoms with Crippen molar-refractivity contribution >= 4 is 12.0 Å². The van der Waals surface area contributed by atoms with Crippen molar-refractivity contribution in [2.75, 3.05) is 13.7 Å². The minimum Gasteiger partial charge on any atom is -0.480 e. The van der Waals surface area contributed by atoms with Crippen LogP contribution in [-0.2, 0) is 9.53 Å². The van der Waals surface area contributed by atoms with Crippen molar-refractivity contribution in [1.82, 2.24) is 10.2 Å². The number of carbonyl (C=O) groups is 2. The maximum absolute atomic E-state index is 12.4. The summed E-state index contributed by atoms with van der Waals surface area (Å²) in [6.07, 6.45) is 3.45. The third kappa shape index (κ3) is 3.31. The summed E-state index contributed by atoms with van der Waals surface area (Å²) in [4.78, 5) is 25.7. The largest absolute Gasteiger partial charge is 0.480 e. The Hall–Kier alpha value is -1.30. The van der Waals surface area contributed by atoms with E-state index in [0.29, 0.717) is 25.4 Å². The average molecular weight is 298 g/mol. The third-order valence-corrected chi connectivity index (χ3v) is 5.04. The SMILES string of the molecule is CC1CCC(NC(=O)N(C)C2CCOC2C)(C(=O)O)CC1. The van der Waals surface area contributed by atoms with Crippen LogP contribution in [0.5, 0.6) is 0 Å². The van der Waals surface area contributed by atoms with Gasteiger partial charge >= 0.3 is 12.0 Å². The number of nitrogens with zero attached hydrogens (tertiary/aromatic N) is 1. The van der Waals surface area contributed by atoms with E-state index in [1.165, 1.54) is 0 Å². The van der Waals surface area contributed by atoms with Crippen molar-refractivity contribution in [1.29, 1.82) is 0 Å². The first-order chi connectivity index (χ1) is 9.85. The minimum absolute atomic E-state index is 0.00657. The molecule has 2 aliphatic rings. The van der Waals surface area contributed by atoms with Crippen molar-refractivity contribution in [2.24, 2.45) is 5.92 Å². The number of carbonyl (C=O) groups excluding carboxylic acids is 1. The lowest BCUT2D eigenvalue weighted by Crippen LogP contribution is -2.60. The van der Waals surface area contributed by atoms with Gasteiger partial charge in [-0.25, -0.2) is 9.59 Å². The van der Waals surface area contributed by atoms with Crippen molar-refractivity contribution in [2.45, 2.75) is 63.6 Å². The topological polar surface area (TPSA) is 78.9 Å². The van der Waals surface area contributed by atoms with Gasteiger partial charge in [-0.15, -0.1) is 0 Å². The lowest BCUT2D eigenvalue weighted by Gasteiger charge is -2.38. The van der Waals surface area contributed by atoms with Gasteiger partial charge in [-0.05, 0) is 44.9 Å². The fourth-order valence-corrected chi connectivity index (χ4v) is 3.32. The number of aliphatic carboxylic acids is 1. The maximum atomic E-state index is 12.4. The molecule has 6 heteroatoms. The standard InChI is InChI=1S/C15H26N2O4/c1-10-4-7-15(8-5-10,13(18)19)16-14(20)17(3)12-6-9-21-11(12)2/h10-12H,4-9H2,1-3H3,(H,16,20)(H,18,19). The van der Waals surface area contributed by atoms with Gasteiger partial charge in [-0.2, -0.15) is 0 Å². The van der Waals surface area contributed by atoms with Gasteiger partial charge in [-0.1, -0.05) is 6.92 Å². The van der Waals surface area contributed by atoms with Crippen LogP contribution in [0.4, 0.5) is 4.79 Å². The van der Waals surface area contributed by atoms with Crippen LogP contribution >= 0.6 is 0 Å². The summed E-state index contributed by atoms with van der Waals surface area (Å²) in [5.41, 5.74) is -1.11. The Kier molecular flexibility index (Phi) is 4.76. The van der Waals surface area contributed by atoms with Crippen molar-refractivity contribution in [3.63, 3.8) is 0 Å². The van der Waals surface area contributed by atoms with Gasteiger partial charge in [0, 0.05) is 13.7 Å². The van der Waals surface area contributed by atoms with Crippen LogP contribution in [-0.4, -0.2) is 53.3 Å². The molecule has 0 aromatic rings. The summed E-state index contributed by atoms with van der Waals surface area (Å²) in [5, 5.41) is 12.3. The number of amides is 2. The first-order valence-corrected chi connectivity index (χ1v) is 7.76. The molecule has 2 fully saturated rings.